The van der Waals surface area contributed by atoms with Crippen molar-refractivity contribution in [1.29, 1.82) is 0 Å². The number of hydrogen-bond acceptors (Lipinski definition) is 3. The van der Waals surface area contributed by atoms with Gasteiger partial charge in [-0.3, -0.25) is 9.48 Å². The Balaban J connectivity index is 0.00000108. The SMILES string of the molecule is Cc1c(C(=O)NC2C3CNCC32)cnn1C.Cl. The Bertz CT molecular complexity index is 435. The number of aryl methyl sites for hydroxylation is 1. The molecule has 2 N–H and O–H groups in total. The fraction of sp³-hybridized carbons (Fsp3) is 0.636. The molecule has 0 spiro atoms. The molecular weight excluding hydrogens is 240 g/mol. The Morgan fingerprint density at radius 1 is 1.53 bits per heavy atom. The largest absolute Gasteiger partial charge is 0.349 e. The summed E-state index contributed by atoms with van der Waals surface area (Å²) in [4.78, 5) is 12.0. The third kappa shape index (κ3) is 1.93. The number of halogens is 1. The maximum atomic E-state index is 12.0. The van der Waals surface area contributed by atoms with Gasteiger partial charge in [0.15, 0.2) is 0 Å². The summed E-state index contributed by atoms with van der Waals surface area (Å²) >= 11 is 0. The molecule has 1 aromatic heterocycles. The highest BCUT2D eigenvalue weighted by Crippen LogP contribution is 2.41. The second-order valence-corrected chi connectivity index (χ2v) is 4.75. The predicted molar refractivity (Wildman–Crippen MR) is 66.3 cm³/mol. The number of nitrogens with zero attached hydrogens (tertiary/aromatic N) is 2. The first kappa shape index (κ1) is 12.4. The van der Waals surface area contributed by atoms with Gasteiger partial charge in [-0.1, -0.05) is 0 Å². The highest BCUT2D eigenvalue weighted by Gasteiger charge is 2.53. The monoisotopic (exact) mass is 256 g/mol. The maximum absolute atomic E-state index is 12.0. The summed E-state index contributed by atoms with van der Waals surface area (Å²) in [7, 11) is 1.85. The molecule has 17 heavy (non-hydrogen) atoms. The van der Waals surface area contributed by atoms with E-state index in [0.29, 0.717) is 23.4 Å². The molecule has 0 bridgehead atoms. The van der Waals surface area contributed by atoms with Gasteiger partial charge >= 0.3 is 0 Å². The Morgan fingerprint density at radius 3 is 2.71 bits per heavy atom. The molecular formula is C11H17ClN4O. The highest BCUT2D eigenvalue weighted by atomic mass is 35.5. The smallest absolute Gasteiger partial charge is 0.254 e. The summed E-state index contributed by atoms with van der Waals surface area (Å²) in [5.74, 6) is 1.33. The van der Waals surface area contributed by atoms with Crippen LogP contribution in [0.5, 0.6) is 0 Å². The van der Waals surface area contributed by atoms with Crippen molar-refractivity contribution < 1.29 is 4.79 Å². The van der Waals surface area contributed by atoms with Crippen LogP contribution in [0.4, 0.5) is 0 Å². The zero-order chi connectivity index (χ0) is 11.3. The average molecular weight is 257 g/mol. The zero-order valence-corrected chi connectivity index (χ0v) is 10.8. The van der Waals surface area contributed by atoms with Crippen molar-refractivity contribution in [3.05, 3.63) is 17.5 Å². The van der Waals surface area contributed by atoms with Crippen molar-refractivity contribution in [2.24, 2.45) is 18.9 Å². The first-order valence-electron chi connectivity index (χ1n) is 5.68. The molecule has 1 saturated carbocycles. The van der Waals surface area contributed by atoms with E-state index in [-0.39, 0.29) is 18.3 Å². The Hall–Kier alpha value is -1.07. The van der Waals surface area contributed by atoms with Crippen molar-refractivity contribution in [2.75, 3.05) is 13.1 Å². The van der Waals surface area contributed by atoms with Gasteiger partial charge in [0, 0.05) is 31.9 Å². The van der Waals surface area contributed by atoms with Gasteiger partial charge in [0.1, 0.15) is 0 Å². The second-order valence-electron chi connectivity index (χ2n) is 4.75. The van der Waals surface area contributed by atoms with Gasteiger partial charge in [0.05, 0.1) is 11.8 Å². The Kier molecular flexibility index (Phi) is 3.14. The van der Waals surface area contributed by atoms with Gasteiger partial charge in [0.25, 0.3) is 5.91 Å². The number of aromatic nitrogens is 2. The third-order valence-corrected chi connectivity index (χ3v) is 3.87. The van der Waals surface area contributed by atoms with Crippen LogP contribution < -0.4 is 10.6 Å². The van der Waals surface area contributed by atoms with Crippen molar-refractivity contribution in [1.82, 2.24) is 20.4 Å². The van der Waals surface area contributed by atoms with E-state index in [4.69, 9.17) is 0 Å². The van der Waals surface area contributed by atoms with E-state index < -0.39 is 0 Å². The number of amides is 1. The lowest BCUT2D eigenvalue weighted by molar-refractivity contribution is 0.0946. The number of fused-ring (bicyclic) bond motifs is 1. The number of carbonyl (C=O) groups excluding carboxylic acids is 1. The minimum Gasteiger partial charge on any atom is -0.349 e. The summed E-state index contributed by atoms with van der Waals surface area (Å²) in [5.41, 5.74) is 1.61. The van der Waals surface area contributed by atoms with E-state index in [1.54, 1.807) is 10.9 Å². The normalized spacial score (nSPS) is 29.4. The molecule has 0 aromatic carbocycles. The first-order chi connectivity index (χ1) is 7.68. The topological polar surface area (TPSA) is 59.0 Å². The van der Waals surface area contributed by atoms with Crippen LogP contribution in [-0.4, -0.2) is 34.8 Å². The Morgan fingerprint density at radius 2 is 2.18 bits per heavy atom. The first-order valence-corrected chi connectivity index (χ1v) is 5.68. The average Bonchev–Trinajstić information content (AvgIpc) is 2.68. The van der Waals surface area contributed by atoms with Crippen LogP contribution in [0.2, 0.25) is 0 Å². The fourth-order valence-electron chi connectivity index (χ4n) is 2.58. The van der Waals surface area contributed by atoms with Crippen molar-refractivity contribution in [2.45, 2.75) is 13.0 Å². The molecule has 2 unspecified atom stereocenters. The Labute approximate surface area is 106 Å². The molecule has 2 atom stereocenters. The number of nitrogens with one attached hydrogen (secondary N) is 2. The van der Waals surface area contributed by atoms with Gasteiger partial charge in [0.2, 0.25) is 0 Å². The third-order valence-electron chi connectivity index (χ3n) is 3.87. The molecule has 1 aliphatic carbocycles. The zero-order valence-electron chi connectivity index (χ0n) is 9.93. The van der Waals surface area contributed by atoms with Crippen LogP contribution in [0.15, 0.2) is 6.20 Å². The maximum Gasteiger partial charge on any atom is 0.254 e. The molecule has 1 amide bonds. The number of hydrogen-bond donors (Lipinski definition) is 2. The summed E-state index contributed by atoms with van der Waals surface area (Å²) in [6, 6.07) is 0.383. The number of piperidine rings is 1. The molecule has 0 radical (unpaired) electrons. The van der Waals surface area contributed by atoms with Crippen molar-refractivity contribution in [3.63, 3.8) is 0 Å². The van der Waals surface area contributed by atoms with E-state index in [1.165, 1.54) is 0 Å². The second kappa shape index (κ2) is 4.31. The van der Waals surface area contributed by atoms with Crippen molar-refractivity contribution in [3.8, 4) is 0 Å². The highest BCUT2D eigenvalue weighted by molar-refractivity contribution is 5.95. The van der Waals surface area contributed by atoms with Crippen LogP contribution in [0.25, 0.3) is 0 Å². The summed E-state index contributed by atoms with van der Waals surface area (Å²) in [6.45, 7) is 4.00. The van der Waals surface area contributed by atoms with E-state index in [0.717, 1.165) is 18.8 Å². The van der Waals surface area contributed by atoms with E-state index in [1.807, 2.05) is 14.0 Å². The number of rotatable bonds is 2. The lowest BCUT2D eigenvalue weighted by atomic mass is 10.2. The van der Waals surface area contributed by atoms with Crippen LogP contribution in [0, 0.1) is 18.8 Å². The summed E-state index contributed by atoms with van der Waals surface area (Å²) in [5, 5.41) is 10.5. The van der Waals surface area contributed by atoms with Gasteiger partial charge < -0.3 is 10.6 Å². The van der Waals surface area contributed by atoms with Crippen LogP contribution in [0.3, 0.4) is 0 Å². The van der Waals surface area contributed by atoms with E-state index in [2.05, 4.69) is 15.7 Å². The van der Waals surface area contributed by atoms with Gasteiger partial charge in [-0.05, 0) is 18.8 Å². The lowest BCUT2D eigenvalue weighted by Crippen LogP contribution is -2.32. The van der Waals surface area contributed by atoms with Gasteiger partial charge in [-0.25, -0.2) is 0 Å². The molecule has 2 aliphatic rings. The molecule has 6 heteroatoms. The van der Waals surface area contributed by atoms with Gasteiger partial charge in [-0.15, -0.1) is 12.4 Å². The van der Waals surface area contributed by atoms with E-state index >= 15 is 0 Å². The quantitative estimate of drug-likeness (QED) is 0.789. The minimum atomic E-state index is 0. The molecule has 1 aromatic rings. The molecule has 2 fully saturated rings. The fourth-order valence-corrected chi connectivity index (χ4v) is 2.58. The van der Waals surface area contributed by atoms with Gasteiger partial charge in [-0.2, -0.15) is 5.10 Å². The molecule has 2 heterocycles. The molecule has 94 valence electrons. The van der Waals surface area contributed by atoms with Crippen LogP contribution >= 0.6 is 12.4 Å². The molecule has 3 rings (SSSR count). The van der Waals surface area contributed by atoms with Crippen molar-refractivity contribution >= 4 is 18.3 Å². The predicted octanol–water partition coefficient (Wildman–Crippen LogP) is 0.0979. The number of carbonyl (C=O) groups is 1. The minimum absolute atomic E-state index is 0. The molecule has 5 nitrogen and oxygen atoms in total. The van der Waals surface area contributed by atoms with Crippen LogP contribution in [0.1, 0.15) is 16.1 Å². The molecule has 1 aliphatic heterocycles. The molecule has 1 saturated heterocycles. The standard InChI is InChI=1S/C11H16N4O.ClH/c1-6-7(5-13-15(6)2)11(16)14-10-8-3-12-4-9(8)10;/h5,8-10,12H,3-4H2,1-2H3,(H,14,16);1H. The summed E-state index contributed by atoms with van der Waals surface area (Å²) < 4.78 is 1.73. The van der Waals surface area contributed by atoms with Crippen LogP contribution in [-0.2, 0) is 7.05 Å². The summed E-state index contributed by atoms with van der Waals surface area (Å²) in [6.07, 6.45) is 1.64. The van der Waals surface area contributed by atoms with E-state index in [9.17, 15) is 4.79 Å². The lowest BCUT2D eigenvalue weighted by Gasteiger charge is -2.07.